The highest BCUT2D eigenvalue weighted by atomic mass is 19.3. The van der Waals surface area contributed by atoms with E-state index >= 15 is 0 Å². The van der Waals surface area contributed by atoms with Crippen LogP contribution in [0, 0.1) is 5.92 Å². The summed E-state index contributed by atoms with van der Waals surface area (Å²) in [7, 11) is 0. The van der Waals surface area contributed by atoms with Gasteiger partial charge in [-0.05, 0) is 36.6 Å². The van der Waals surface area contributed by atoms with Gasteiger partial charge in [0.15, 0.2) is 0 Å². The molecule has 2 nitrogen and oxygen atoms in total. The van der Waals surface area contributed by atoms with Crippen molar-refractivity contribution in [2.75, 3.05) is 6.54 Å². The molecule has 1 aromatic carbocycles. The fourth-order valence-electron chi connectivity index (χ4n) is 2.06. The van der Waals surface area contributed by atoms with Crippen molar-refractivity contribution in [2.24, 2.45) is 5.92 Å². The van der Waals surface area contributed by atoms with Gasteiger partial charge in [0, 0.05) is 6.04 Å². The van der Waals surface area contributed by atoms with Crippen LogP contribution >= 0.6 is 0 Å². The van der Waals surface area contributed by atoms with Gasteiger partial charge in [0.2, 0.25) is 0 Å². The first-order valence-electron chi connectivity index (χ1n) is 6.84. The van der Waals surface area contributed by atoms with Crippen LogP contribution in [-0.4, -0.2) is 13.2 Å². The van der Waals surface area contributed by atoms with Crippen LogP contribution in [0.15, 0.2) is 24.3 Å². The van der Waals surface area contributed by atoms with Crippen LogP contribution in [0.2, 0.25) is 0 Å². The summed E-state index contributed by atoms with van der Waals surface area (Å²) in [6.07, 6.45) is 2.09. The van der Waals surface area contributed by atoms with E-state index in [1.165, 1.54) is 0 Å². The van der Waals surface area contributed by atoms with E-state index in [1.54, 1.807) is 18.2 Å². The fourth-order valence-corrected chi connectivity index (χ4v) is 2.06. The summed E-state index contributed by atoms with van der Waals surface area (Å²) >= 11 is 0. The molecule has 0 heterocycles. The normalized spacial score (nSPS) is 14.4. The number of hydrogen-bond acceptors (Lipinski definition) is 2. The second kappa shape index (κ2) is 8.10. The maximum Gasteiger partial charge on any atom is 0.387 e. The van der Waals surface area contributed by atoms with Gasteiger partial charge in [-0.15, -0.1) is 0 Å². The Hall–Kier alpha value is -1.16. The number of benzene rings is 1. The van der Waals surface area contributed by atoms with Crippen molar-refractivity contribution in [3.8, 4) is 5.75 Å². The van der Waals surface area contributed by atoms with Gasteiger partial charge in [-0.2, -0.15) is 8.78 Å². The third-order valence-corrected chi connectivity index (χ3v) is 3.27. The third kappa shape index (κ3) is 5.55. The van der Waals surface area contributed by atoms with Crippen LogP contribution in [0.5, 0.6) is 5.75 Å². The van der Waals surface area contributed by atoms with Gasteiger partial charge in [-0.1, -0.05) is 39.3 Å². The molecule has 0 radical (unpaired) electrons. The van der Waals surface area contributed by atoms with Crippen LogP contribution in [0.25, 0.3) is 0 Å². The van der Waals surface area contributed by atoms with Gasteiger partial charge < -0.3 is 10.1 Å². The lowest BCUT2D eigenvalue weighted by Gasteiger charge is -2.22. The Morgan fingerprint density at radius 3 is 2.58 bits per heavy atom. The lowest BCUT2D eigenvalue weighted by Crippen LogP contribution is -2.23. The summed E-state index contributed by atoms with van der Waals surface area (Å²) < 4.78 is 28.9. The molecule has 0 bridgehead atoms. The zero-order chi connectivity index (χ0) is 14.3. The fraction of sp³-hybridized carbons (Fsp3) is 0.600. The molecule has 2 atom stereocenters. The number of rotatable bonds is 8. The van der Waals surface area contributed by atoms with E-state index in [1.807, 2.05) is 13.0 Å². The first kappa shape index (κ1) is 15.9. The van der Waals surface area contributed by atoms with Gasteiger partial charge in [0.25, 0.3) is 0 Å². The largest absolute Gasteiger partial charge is 0.435 e. The Morgan fingerprint density at radius 1 is 1.26 bits per heavy atom. The predicted molar refractivity (Wildman–Crippen MR) is 73.6 cm³/mol. The first-order valence-corrected chi connectivity index (χ1v) is 6.84. The second-order valence-corrected chi connectivity index (χ2v) is 4.81. The van der Waals surface area contributed by atoms with Crippen molar-refractivity contribution in [3.05, 3.63) is 29.8 Å². The molecule has 0 fully saturated rings. The van der Waals surface area contributed by atoms with Crippen LogP contribution in [0.1, 0.15) is 45.2 Å². The minimum absolute atomic E-state index is 0.182. The van der Waals surface area contributed by atoms with Crippen LogP contribution in [0.3, 0.4) is 0 Å². The highest BCUT2D eigenvalue weighted by Gasteiger charge is 2.15. The minimum atomic E-state index is -2.78. The molecule has 4 heteroatoms. The van der Waals surface area contributed by atoms with E-state index in [-0.39, 0.29) is 11.8 Å². The predicted octanol–water partition coefficient (Wildman–Crippen LogP) is 4.37. The molecule has 0 spiro atoms. The summed E-state index contributed by atoms with van der Waals surface area (Å²) in [4.78, 5) is 0. The lowest BCUT2D eigenvalue weighted by molar-refractivity contribution is -0.0499. The Balaban J connectivity index is 2.82. The molecule has 0 saturated heterocycles. The van der Waals surface area contributed by atoms with E-state index in [2.05, 4.69) is 23.9 Å². The van der Waals surface area contributed by atoms with Gasteiger partial charge in [0.1, 0.15) is 5.75 Å². The standard InChI is InChI=1S/C15H23F2NO/c1-4-11(3)9-14(18-5-2)12-7-6-8-13(10-12)19-15(16)17/h6-8,10-11,14-15,18H,4-5,9H2,1-3H3. The smallest absolute Gasteiger partial charge is 0.387 e. The molecule has 1 N–H and O–H groups in total. The molecule has 19 heavy (non-hydrogen) atoms. The van der Waals surface area contributed by atoms with Crippen molar-refractivity contribution in [2.45, 2.75) is 46.3 Å². The number of nitrogens with one attached hydrogen (secondary N) is 1. The summed E-state index contributed by atoms with van der Waals surface area (Å²) in [6, 6.07) is 7.15. The molecule has 1 aromatic rings. The third-order valence-electron chi connectivity index (χ3n) is 3.27. The van der Waals surface area contributed by atoms with E-state index in [0.717, 1.165) is 24.9 Å². The summed E-state index contributed by atoms with van der Waals surface area (Å²) in [5, 5.41) is 3.40. The molecule has 0 aromatic heterocycles. The van der Waals surface area contributed by atoms with Crippen molar-refractivity contribution >= 4 is 0 Å². The molecular formula is C15H23F2NO. The quantitative estimate of drug-likeness (QED) is 0.758. The van der Waals surface area contributed by atoms with Gasteiger partial charge in [0.05, 0.1) is 0 Å². The highest BCUT2D eigenvalue weighted by Crippen LogP contribution is 2.26. The lowest BCUT2D eigenvalue weighted by atomic mass is 9.94. The number of halogens is 2. The van der Waals surface area contributed by atoms with Crippen molar-refractivity contribution < 1.29 is 13.5 Å². The first-order chi connectivity index (χ1) is 9.06. The SMILES string of the molecule is CCNC(CC(C)CC)c1cccc(OC(F)F)c1. The van der Waals surface area contributed by atoms with Crippen LogP contribution in [-0.2, 0) is 0 Å². The summed E-state index contributed by atoms with van der Waals surface area (Å²) in [5.74, 6) is 0.809. The van der Waals surface area contributed by atoms with Crippen molar-refractivity contribution in [1.29, 1.82) is 0 Å². The summed E-state index contributed by atoms with van der Waals surface area (Å²) in [5.41, 5.74) is 1.00. The number of alkyl halides is 2. The molecular weight excluding hydrogens is 248 g/mol. The van der Waals surface area contributed by atoms with Crippen molar-refractivity contribution in [1.82, 2.24) is 5.32 Å². The Labute approximate surface area is 114 Å². The molecule has 0 aliphatic carbocycles. The van der Waals surface area contributed by atoms with Crippen LogP contribution in [0.4, 0.5) is 8.78 Å². The van der Waals surface area contributed by atoms with E-state index in [9.17, 15) is 8.78 Å². The molecule has 1 rings (SSSR count). The zero-order valence-electron chi connectivity index (χ0n) is 11.8. The molecule has 0 aliphatic rings. The monoisotopic (exact) mass is 271 g/mol. The number of hydrogen-bond donors (Lipinski definition) is 1. The van der Waals surface area contributed by atoms with Gasteiger partial charge in [-0.3, -0.25) is 0 Å². The van der Waals surface area contributed by atoms with Gasteiger partial charge in [-0.25, -0.2) is 0 Å². The topological polar surface area (TPSA) is 21.3 Å². The van der Waals surface area contributed by atoms with Gasteiger partial charge >= 0.3 is 6.61 Å². The average molecular weight is 271 g/mol. The molecule has 0 amide bonds. The average Bonchev–Trinajstić information content (AvgIpc) is 2.37. The van der Waals surface area contributed by atoms with Crippen molar-refractivity contribution in [3.63, 3.8) is 0 Å². The second-order valence-electron chi connectivity index (χ2n) is 4.81. The highest BCUT2D eigenvalue weighted by molar-refractivity contribution is 5.30. The Morgan fingerprint density at radius 2 is 2.00 bits per heavy atom. The van der Waals surface area contributed by atoms with E-state index in [4.69, 9.17) is 0 Å². The summed E-state index contributed by atoms with van der Waals surface area (Å²) in [6.45, 7) is 4.47. The van der Waals surface area contributed by atoms with E-state index in [0.29, 0.717) is 5.92 Å². The minimum Gasteiger partial charge on any atom is -0.435 e. The van der Waals surface area contributed by atoms with E-state index < -0.39 is 6.61 Å². The van der Waals surface area contributed by atoms with Crippen LogP contribution < -0.4 is 10.1 Å². The maximum atomic E-state index is 12.2. The Bertz CT molecular complexity index is 371. The number of ether oxygens (including phenoxy) is 1. The Kier molecular flexibility index (Phi) is 6.78. The molecule has 0 saturated carbocycles. The molecule has 108 valence electrons. The maximum absolute atomic E-state index is 12.2. The zero-order valence-corrected chi connectivity index (χ0v) is 11.8. The molecule has 2 unspecified atom stereocenters. The molecule has 0 aliphatic heterocycles.